The van der Waals surface area contributed by atoms with Crippen molar-refractivity contribution in [2.24, 2.45) is 0 Å². The number of nitrogens with one attached hydrogen (secondary N) is 1. The van der Waals surface area contributed by atoms with Crippen LogP contribution in [0.5, 0.6) is 11.5 Å². The highest BCUT2D eigenvalue weighted by Gasteiger charge is 2.20. The van der Waals surface area contributed by atoms with Crippen LogP contribution >= 0.6 is 0 Å². The van der Waals surface area contributed by atoms with Crippen molar-refractivity contribution in [3.05, 3.63) is 59.7 Å². The second-order valence-corrected chi connectivity index (χ2v) is 7.78. The lowest BCUT2D eigenvalue weighted by molar-refractivity contribution is -0.128. The van der Waals surface area contributed by atoms with Crippen molar-refractivity contribution >= 4 is 5.91 Å². The van der Waals surface area contributed by atoms with E-state index >= 15 is 0 Å². The molecule has 0 bridgehead atoms. The van der Waals surface area contributed by atoms with Crippen molar-refractivity contribution in [2.45, 2.75) is 58.6 Å². The SMILES string of the molecule is CC[C@@H](NC(=O)[C@H](C)Oc1ccc(C(C)(C)C)cc1)c1ccc(OC)cc1. The fraction of sp³-hybridized carbons (Fsp3) is 0.435. The first-order valence-corrected chi connectivity index (χ1v) is 9.46. The Morgan fingerprint density at radius 1 is 1.00 bits per heavy atom. The third kappa shape index (κ3) is 5.75. The van der Waals surface area contributed by atoms with Gasteiger partial charge >= 0.3 is 0 Å². The van der Waals surface area contributed by atoms with E-state index in [4.69, 9.17) is 9.47 Å². The van der Waals surface area contributed by atoms with Crippen LogP contribution in [0.15, 0.2) is 48.5 Å². The molecule has 1 amide bonds. The van der Waals surface area contributed by atoms with Crippen molar-refractivity contribution in [2.75, 3.05) is 7.11 Å². The van der Waals surface area contributed by atoms with E-state index in [2.05, 4.69) is 26.1 Å². The zero-order chi connectivity index (χ0) is 20.0. The average molecular weight is 370 g/mol. The van der Waals surface area contributed by atoms with Crippen molar-refractivity contribution in [1.29, 1.82) is 0 Å². The summed E-state index contributed by atoms with van der Waals surface area (Å²) in [6, 6.07) is 15.6. The summed E-state index contributed by atoms with van der Waals surface area (Å²) in [7, 11) is 1.64. The van der Waals surface area contributed by atoms with Gasteiger partial charge in [-0.25, -0.2) is 0 Å². The van der Waals surface area contributed by atoms with Crippen LogP contribution in [0.1, 0.15) is 58.2 Å². The standard InChI is InChI=1S/C23H31NO3/c1-7-21(17-8-12-19(26-6)13-9-17)24-22(25)16(2)27-20-14-10-18(11-15-20)23(3,4)5/h8-16,21H,7H2,1-6H3,(H,24,25)/t16-,21+/m0/s1. The van der Waals surface area contributed by atoms with Gasteiger partial charge in [-0.05, 0) is 54.2 Å². The Labute approximate surface area is 162 Å². The predicted molar refractivity (Wildman–Crippen MR) is 109 cm³/mol. The molecular formula is C23H31NO3. The van der Waals surface area contributed by atoms with Crippen molar-refractivity contribution in [1.82, 2.24) is 5.32 Å². The molecule has 0 aliphatic heterocycles. The predicted octanol–water partition coefficient (Wildman–Crippen LogP) is 5.03. The summed E-state index contributed by atoms with van der Waals surface area (Å²) in [6.45, 7) is 10.3. The van der Waals surface area contributed by atoms with Crippen LogP contribution in [0.4, 0.5) is 0 Å². The quantitative estimate of drug-likeness (QED) is 0.745. The van der Waals surface area contributed by atoms with E-state index in [9.17, 15) is 4.79 Å². The minimum Gasteiger partial charge on any atom is -0.497 e. The topological polar surface area (TPSA) is 47.6 Å². The second-order valence-electron chi connectivity index (χ2n) is 7.78. The van der Waals surface area contributed by atoms with Crippen LogP contribution in [0.2, 0.25) is 0 Å². The average Bonchev–Trinajstić information content (AvgIpc) is 2.65. The van der Waals surface area contributed by atoms with Gasteiger partial charge < -0.3 is 14.8 Å². The highest BCUT2D eigenvalue weighted by molar-refractivity contribution is 5.81. The number of hydrogen-bond acceptors (Lipinski definition) is 3. The van der Waals surface area contributed by atoms with E-state index in [1.807, 2.05) is 55.5 Å². The van der Waals surface area contributed by atoms with Gasteiger partial charge in [0.1, 0.15) is 11.5 Å². The van der Waals surface area contributed by atoms with Gasteiger partial charge in [0.25, 0.3) is 5.91 Å². The number of amides is 1. The van der Waals surface area contributed by atoms with Gasteiger partial charge in [0.05, 0.1) is 13.2 Å². The van der Waals surface area contributed by atoms with Crippen LogP contribution < -0.4 is 14.8 Å². The Morgan fingerprint density at radius 3 is 2.04 bits per heavy atom. The lowest BCUT2D eigenvalue weighted by Crippen LogP contribution is -2.38. The number of rotatable bonds is 7. The van der Waals surface area contributed by atoms with Gasteiger partial charge in [0.2, 0.25) is 0 Å². The Kier molecular flexibility index (Phi) is 6.89. The maximum Gasteiger partial charge on any atom is 0.261 e. The molecule has 4 nitrogen and oxygen atoms in total. The van der Waals surface area contributed by atoms with Gasteiger partial charge in [-0.1, -0.05) is 52.0 Å². The number of benzene rings is 2. The minimum atomic E-state index is -0.571. The van der Waals surface area contributed by atoms with Gasteiger partial charge in [-0.15, -0.1) is 0 Å². The Bertz CT molecular complexity index is 730. The van der Waals surface area contributed by atoms with E-state index in [1.165, 1.54) is 5.56 Å². The monoisotopic (exact) mass is 369 g/mol. The smallest absolute Gasteiger partial charge is 0.261 e. The van der Waals surface area contributed by atoms with E-state index in [1.54, 1.807) is 14.0 Å². The third-order valence-electron chi connectivity index (χ3n) is 4.65. The van der Waals surface area contributed by atoms with Gasteiger partial charge in [0, 0.05) is 0 Å². The Morgan fingerprint density at radius 2 is 1.56 bits per heavy atom. The fourth-order valence-electron chi connectivity index (χ4n) is 2.84. The molecule has 0 spiro atoms. The van der Waals surface area contributed by atoms with E-state index < -0.39 is 6.10 Å². The molecule has 0 aromatic heterocycles. The summed E-state index contributed by atoms with van der Waals surface area (Å²) in [6.07, 6.45) is 0.225. The lowest BCUT2D eigenvalue weighted by atomic mass is 9.87. The molecule has 1 N–H and O–H groups in total. The molecule has 0 saturated carbocycles. The van der Waals surface area contributed by atoms with Crippen molar-refractivity contribution in [3.8, 4) is 11.5 Å². The maximum absolute atomic E-state index is 12.6. The van der Waals surface area contributed by atoms with Crippen LogP contribution in [0, 0.1) is 0 Å². The van der Waals surface area contributed by atoms with Gasteiger partial charge in [-0.3, -0.25) is 4.79 Å². The Hall–Kier alpha value is -2.49. The summed E-state index contributed by atoms with van der Waals surface area (Å²) < 4.78 is 11.0. The molecular weight excluding hydrogens is 338 g/mol. The first-order valence-electron chi connectivity index (χ1n) is 9.46. The van der Waals surface area contributed by atoms with E-state index in [-0.39, 0.29) is 17.4 Å². The molecule has 2 rings (SSSR count). The molecule has 0 fully saturated rings. The zero-order valence-electron chi connectivity index (χ0n) is 17.2. The summed E-state index contributed by atoms with van der Waals surface area (Å²) in [5.74, 6) is 1.37. The van der Waals surface area contributed by atoms with Crippen LogP contribution in [0.25, 0.3) is 0 Å². The van der Waals surface area contributed by atoms with Crippen molar-refractivity contribution in [3.63, 3.8) is 0 Å². The highest BCUT2D eigenvalue weighted by Crippen LogP contribution is 2.25. The summed E-state index contributed by atoms with van der Waals surface area (Å²) in [5, 5.41) is 3.07. The number of hydrogen-bond donors (Lipinski definition) is 1. The van der Waals surface area contributed by atoms with E-state index in [0.29, 0.717) is 5.75 Å². The number of carbonyl (C=O) groups is 1. The highest BCUT2D eigenvalue weighted by atomic mass is 16.5. The molecule has 2 atom stereocenters. The van der Waals surface area contributed by atoms with E-state index in [0.717, 1.165) is 17.7 Å². The molecule has 4 heteroatoms. The molecule has 0 unspecified atom stereocenters. The molecule has 0 aliphatic carbocycles. The molecule has 0 saturated heterocycles. The molecule has 2 aromatic rings. The molecule has 2 aromatic carbocycles. The van der Waals surface area contributed by atoms with Gasteiger partial charge in [0.15, 0.2) is 6.10 Å². The lowest BCUT2D eigenvalue weighted by Gasteiger charge is -2.22. The number of ether oxygens (including phenoxy) is 2. The zero-order valence-corrected chi connectivity index (χ0v) is 17.2. The van der Waals surface area contributed by atoms with Crippen LogP contribution in [-0.2, 0) is 10.2 Å². The Balaban J connectivity index is 1.98. The molecule has 27 heavy (non-hydrogen) atoms. The fourth-order valence-corrected chi connectivity index (χ4v) is 2.84. The number of methoxy groups -OCH3 is 1. The maximum atomic E-state index is 12.6. The van der Waals surface area contributed by atoms with Crippen LogP contribution in [-0.4, -0.2) is 19.1 Å². The number of carbonyl (C=O) groups excluding carboxylic acids is 1. The molecule has 0 radical (unpaired) electrons. The summed E-state index contributed by atoms with van der Waals surface area (Å²) in [5.41, 5.74) is 2.37. The molecule has 0 heterocycles. The largest absolute Gasteiger partial charge is 0.497 e. The second kappa shape index (κ2) is 8.94. The summed E-state index contributed by atoms with van der Waals surface area (Å²) in [4.78, 5) is 12.6. The van der Waals surface area contributed by atoms with Gasteiger partial charge in [-0.2, -0.15) is 0 Å². The molecule has 0 aliphatic rings. The minimum absolute atomic E-state index is 0.0577. The first kappa shape index (κ1) is 20.8. The first-order chi connectivity index (χ1) is 12.7. The van der Waals surface area contributed by atoms with Crippen LogP contribution in [0.3, 0.4) is 0 Å². The third-order valence-corrected chi connectivity index (χ3v) is 4.65. The molecule has 146 valence electrons. The summed E-state index contributed by atoms with van der Waals surface area (Å²) >= 11 is 0. The van der Waals surface area contributed by atoms with Crippen molar-refractivity contribution < 1.29 is 14.3 Å². The normalized spacial score (nSPS) is 13.6.